The molecule has 0 bridgehead atoms. The van der Waals surface area contributed by atoms with Crippen LogP contribution in [0.1, 0.15) is 30.0 Å². The first-order chi connectivity index (χ1) is 6.70. The van der Waals surface area contributed by atoms with Crippen LogP contribution in [0.15, 0.2) is 12.1 Å². The third kappa shape index (κ3) is 1.64. The normalized spacial score (nSPS) is 21.5. The summed E-state index contributed by atoms with van der Waals surface area (Å²) in [5, 5.41) is 3.56. The zero-order valence-corrected chi connectivity index (χ0v) is 8.87. The lowest BCUT2D eigenvalue weighted by atomic mass is 10.00. The molecule has 0 aliphatic carbocycles. The van der Waals surface area contributed by atoms with Gasteiger partial charge < -0.3 is 5.32 Å². The van der Waals surface area contributed by atoms with E-state index in [-0.39, 0.29) is 10.8 Å². The molecule has 0 spiro atoms. The van der Waals surface area contributed by atoms with Crippen molar-refractivity contribution in [1.29, 1.82) is 0 Å². The van der Waals surface area contributed by atoms with Crippen molar-refractivity contribution in [2.75, 3.05) is 6.54 Å². The predicted molar refractivity (Wildman–Crippen MR) is 56.1 cm³/mol. The van der Waals surface area contributed by atoms with Crippen LogP contribution in [0.5, 0.6) is 0 Å². The average Bonchev–Trinajstić information content (AvgIpc) is 2.67. The van der Waals surface area contributed by atoms with Crippen LogP contribution >= 0.6 is 11.6 Å². The molecule has 0 amide bonds. The van der Waals surface area contributed by atoms with Gasteiger partial charge in [0.1, 0.15) is 5.82 Å². The van der Waals surface area contributed by atoms with Crippen molar-refractivity contribution in [2.24, 2.45) is 0 Å². The molecule has 1 atom stereocenters. The molecule has 3 heteroatoms. The van der Waals surface area contributed by atoms with E-state index < -0.39 is 0 Å². The van der Waals surface area contributed by atoms with Gasteiger partial charge in [-0.3, -0.25) is 0 Å². The van der Waals surface area contributed by atoms with Crippen LogP contribution in [0.3, 0.4) is 0 Å². The lowest BCUT2D eigenvalue weighted by molar-refractivity contribution is 0.595. The maximum absolute atomic E-state index is 13.5. The molecule has 1 aromatic carbocycles. The van der Waals surface area contributed by atoms with Crippen molar-refractivity contribution in [3.8, 4) is 0 Å². The molecule has 0 saturated carbocycles. The summed E-state index contributed by atoms with van der Waals surface area (Å²) < 4.78 is 13.5. The van der Waals surface area contributed by atoms with Gasteiger partial charge in [0.25, 0.3) is 0 Å². The molecular formula is C11H13ClFN. The van der Waals surface area contributed by atoms with Gasteiger partial charge >= 0.3 is 0 Å². The molecule has 1 aliphatic heterocycles. The second-order valence-electron chi connectivity index (χ2n) is 3.72. The molecule has 1 aromatic rings. The Bertz CT molecular complexity index is 345. The Morgan fingerprint density at radius 3 is 2.93 bits per heavy atom. The summed E-state index contributed by atoms with van der Waals surface area (Å²) in [5.41, 5.74) is 1.72. The molecular weight excluding hydrogens is 201 g/mol. The Balaban J connectivity index is 2.38. The number of nitrogens with one attached hydrogen (secondary N) is 1. The lowest BCUT2D eigenvalue weighted by Gasteiger charge is -2.14. The van der Waals surface area contributed by atoms with Gasteiger partial charge in [0.2, 0.25) is 0 Å². The summed E-state index contributed by atoms with van der Waals surface area (Å²) in [5.74, 6) is -0.280. The molecule has 1 saturated heterocycles. The highest BCUT2D eigenvalue weighted by molar-refractivity contribution is 6.30. The largest absolute Gasteiger partial charge is 0.310 e. The zero-order valence-electron chi connectivity index (χ0n) is 8.11. The minimum absolute atomic E-state index is 0.212. The Hall–Kier alpha value is -0.600. The van der Waals surface area contributed by atoms with Crippen LogP contribution in [0.2, 0.25) is 5.02 Å². The fourth-order valence-corrected chi connectivity index (χ4v) is 2.20. The quantitative estimate of drug-likeness (QED) is 0.756. The summed E-state index contributed by atoms with van der Waals surface area (Å²) >= 11 is 5.70. The predicted octanol–water partition coefficient (Wildman–Crippen LogP) is 3.21. The van der Waals surface area contributed by atoms with Crippen LogP contribution in [0, 0.1) is 12.7 Å². The van der Waals surface area contributed by atoms with Gasteiger partial charge in [-0.1, -0.05) is 17.7 Å². The molecule has 76 valence electrons. The van der Waals surface area contributed by atoms with E-state index in [0.29, 0.717) is 11.6 Å². The van der Waals surface area contributed by atoms with Crippen LogP contribution < -0.4 is 5.32 Å². The van der Waals surface area contributed by atoms with Crippen LogP contribution in [0.25, 0.3) is 0 Å². The van der Waals surface area contributed by atoms with Crippen molar-refractivity contribution in [1.82, 2.24) is 5.32 Å². The highest BCUT2D eigenvalue weighted by Crippen LogP contribution is 2.29. The standard InChI is InChI=1S/C11H13ClFN/c1-7-8(10-3-2-6-14-10)4-5-9(12)11(7)13/h4-5,10,14H,2-3,6H2,1H3. The zero-order chi connectivity index (χ0) is 10.1. The van der Waals surface area contributed by atoms with Crippen LogP contribution in [-0.4, -0.2) is 6.54 Å². The summed E-state index contributed by atoms with van der Waals surface area (Å²) in [6.45, 7) is 2.81. The van der Waals surface area contributed by atoms with Crippen molar-refractivity contribution >= 4 is 11.6 Å². The molecule has 0 aromatic heterocycles. The van der Waals surface area contributed by atoms with Gasteiger partial charge in [-0.2, -0.15) is 0 Å². The first kappa shape index (κ1) is 9.94. The maximum Gasteiger partial charge on any atom is 0.145 e. The molecule has 1 unspecified atom stereocenters. The molecule has 1 nitrogen and oxygen atoms in total. The second kappa shape index (κ2) is 3.87. The Morgan fingerprint density at radius 1 is 1.50 bits per heavy atom. The second-order valence-corrected chi connectivity index (χ2v) is 4.13. The molecule has 1 heterocycles. The number of hydrogen-bond donors (Lipinski definition) is 1. The lowest BCUT2D eigenvalue weighted by Crippen LogP contribution is -2.14. The van der Waals surface area contributed by atoms with E-state index in [1.807, 2.05) is 6.07 Å². The number of benzene rings is 1. The fourth-order valence-electron chi connectivity index (χ4n) is 1.99. The summed E-state index contributed by atoms with van der Waals surface area (Å²) in [4.78, 5) is 0. The number of hydrogen-bond acceptors (Lipinski definition) is 1. The third-order valence-corrected chi connectivity index (χ3v) is 3.11. The van der Waals surface area contributed by atoms with Crippen molar-refractivity contribution in [3.05, 3.63) is 34.1 Å². The van der Waals surface area contributed by atoms with Gasteiger partial charge in [0.15, 0.2) is 0 Å². The van der Waals surface area contributed by atoms with Gasteiger partial charge in [-0.25, -0.2) is 4.39 Å². The van der Waals surface area contributed by atoms with Crippen molar-refractivity contribution in [3.63, 3.8) is 0 Å². The van der Waals surface area contributed by atoms with Gasteiger partial charge in [-0.05, 0) is 43.5 Å². The molecule has 1 N–H and O–H groups in total. The molecule has 14 heavy (non-hydrogen) atoms. The van der Waals surface area contributed by atoms with Gasteiger partial charge in [0, 0.05) is 6.04 Å². The van der Waals surface area contributed by atoms with Gasteiger partial charge in [-0.15, -0.1) is 0 Å². The van der Waals surface area contributed by atoms with E-state index in [4.69, 9.17) is 11.6 Å². The van der Waals surface area contributed by atoms with E-state index in [1.165, 1.54) is 0 Å². The molecule has 1 aliphatic rings. The van der Waals surface area contributed by atoms with E-state index >= 15 is 0 Å². The van der Waals surface area contributed by atoms with Crippen molar-refractivity contribution in [2.45, 2.75) is 25.8 Å². The highest BCUT2D eigenvalue weighted by atomic mass is 35.5. The van der Waals surface area contributed by atoms with E-state index in [2.05, 4.69) is 5.32 Å². The van der Waals surface area contributed by atoms with Crippen molar-refractivity contribution < 1.29 is 4.39 Å². The Morgan fingerprint density at radius 2 is 2.29 bits per heavy atom. The number of halogens is 2. The Labute approximate surface area is 88.3 Å². The SMILES string of the molecule is Cc1c(C2CCCN2)ccc(Cl)c1F. The smallest absolute Gasteiger partial charge is 0.145 e. The highest BCUT2D eigenvalue weighted by Gasteiger charge is 2.20. The Kier molecular flexibility index (Phi) is 2.75. The summed E-state index contributed by atoms with van der Waals surface area (Å²) in [6.07, 6.45) is 2.25. The van der Waals surface area contributed by atoms with Gasteiger partial charge in [0.05, 0.1) is 5.02 Å². The minimum atomic E-state index is -0.280. The topological polar surface area (TPSA) is 12.0 Å². The van der Waals surface area contributed by atoms with E-state index in [9.17, 15) is 4.39 Å². The third-order valence-electron chi connectivity index (χ3n) is 2.82. The fraction of sp³-hybridized carbons (Fsp3) is 0.455. The first-order valence-corrected chi connectivity index (χ1v) is 5.26. The minimum Gasteiger partial charge on any atom is -0.310 e. The number of rotatable bonds is 1. The summed E-state index contributed by atoms with van der Waals surface area (Å²) in [7, 11) is 0. The van der Waals surface area contributed by atoms with E-state index in [1.54, 1.807) is 13.0 Å². The average molecular weight is 214 g/mol. The molecule has 0 radical (unpaired) electrons. The summed E-state index contributed by atoms with van der Waals surface area (Å²) in [6, 6.07) is 3.87. The maximum atomic E-state index is 13.5. The van der Waals surface area contributed by atoms with Crippen LogP contribution in [0.4, 0.5) is 4.39 Å². The monoisotopic (exact) mass is 213 g/mol. The van der Waals surface area contributed by atoms with Crippen LogP contribution in [-0.2, 0) is 0 Å². The van der Waals surface area contributed by atoms with E-state index in [0.717, 1.165) is 24.9 Å². The molecule has 2 rings (SSSR count). The first-order valence-electron chi connectivity index (χ1n) is 4.88. The molecule has 1 fully saturated rings.